The lowest BCUT2D eigenvalue weighted by molar-refractivity contribution is -0.183. The van der Waals surface area contributed by atoms with Crippen LogP contribution in [0.4, 0.5) is 0 Å². The van der Waals surface area contributed by atoms with Crippen molar-refractivity contribution in [1.82, 2.24) is 14.5 Å². The van der Waals surface area contributed by atoms with Crippen molar-refractivity contribution in [3.8, 4) is 0 Å². The molecule has 3 heterocycles. The largest absolute Gasteiger partial charge is 0.346 e. The van der Waals surface area contributed by atoms with Crippen molar-refractivity contribution in [2.75, 3.05) is 26.3 Å². The number of hydrogen-bond acceptors (Lipinski definition) is 6. The van der Waals surface area contributed by atoms with Gasteiger partial charge >= 0.3 is 0 Å². The molecule has 0 aromatic carbocycles. The van der Waals surface area contributed by atoms with Crippen molar-refractivity contribution in [2.45, 2.75) is 38.4 Å². The molecular formula is C13H19N3O3S. The summed E-state index contributed by atoms with van der Waals surface area (Å²) in [6.07, 6.45) is 1.75. The van der Waals surface area contributed by atoms with E-state index in [1.165, 1.54) is 11.5 Å². The molecule has 110 valence electrons. The zero-order valence-corrected chi connectivity index (χ0v) is 12.6. The van der Waals surface area contributed by atoms with Crippen molar-refractivity contribution >= 4 is 17.4 Å². The maximum atomic E-state index is 12.7. The SMILES string of the molecule is CC(C)c1nnsc1C(=O)N1CCCC2(C1)OCCO2. The van der Waals surface area contributed by atoms with Gasteiger partial charge in [-0.1, -0.05) is 18.3 Å². The molecule has 0 aliphatic carbocycles. The van der Waals surface area contributed by atoms with Gasteiger partial charge in [-0.2, -0.15) is 0 Å². The van der Waals surface area contributed by atoms with Crippen LogP contribution in [0.3, 0.4) is 0 Å². The quantitative estimate of drug-likeness (QED) is 0.830. The highest BCUT2D eigenvalue weighted by molar-refractivity contribution is 7.08. The Morgan fingerprint density at radius 2 is 2.15 bits per heavy atom. The number of amides is 1. The first-order chi connectivity index (χ1) is 9.61. The minimum atomic E-state index is -0.579. The van der Waals surface area contributed by atoms with Gasteiger partial charge in [-0.15, -0.1) is 5.10 Å². The van der Waals surface area contributed by atoms with E-state index in [1.54, 1.807) is 0 Å². The molecule has 2 aliphatic heterocycles. The van der Waals surface area contributed by atoms with Crippen LogP contribution in [0, 0.1) is 0 Å². The van der Waals surface area contributed by atoms with Gasteiger partial charge in [0.15, 0.2) is 5.79 Å². The summed E-state index contributed by atoms with van der Waals surface area (Å²) < 4.78 is 15.4. The van der Waals surface area contributed by atoms with Gasteiger partial charge < -0.3 is 14.4 Å². The second-order valence-electron chi connectivity index (χ2n) is 5.58. The minimum absolute atomic E-state index is 0.00174. The number of hydrogen-bond donors (Lipinski definition) is 0. The third-order valence-electron chi connectivity index (χ3n) is 3.77. The van der Waals surface area contributed by atoms with E-state index in [9.17, 15) is 4.79 Å². The lowest BCUT2D eigenvalue weighted by Gasteiger charge is -2.38. The normalized spacial score (nSPS) is 21.9. The average molecular weight is 297 g/mol. The molecule has 0 unspecified atom stereocenters. The summed E-state index contributed by atoms with van der Waals surface area (Å²) >= 11 is 1.18. The molecule has 20 heavy (non-hydrogen) atoms. The van der Waals surface area contributed by atoms with Crippen LogP contribution in [0.25, 0.3) is 0 Å². The zero-order chi connectivity index (χ0) is 14.2. The Hall–Kier alpha value is -1.05. The molecule has 1 aromatic heterocycles. The highest BCUT2D eigenvalue weighted by Gasteiger charge is 2.42. The Labute approximate surface area is 122 Å². The van der Waals surface area contributed by atoms with Crippen molar-refractivity contribution in [1.29, 1.82) is 0 Å². The lowest BCUT2D eigenvalue weighted by Crippen LogP contribution is -2.51. The van der Waals surface area contributed by atoms with Crippen LogP contribution < -0.4 is 0 Å². The molecule has 1 amide bonds. The number of aromatic nitrogens is 2. The third kappa shape index (κ3) is 2.45. The minimum Gasteiger partial charge on any atom is -0.346 e. The standard InChI is InChI=1S/C13H19N3O3S/c1-9(2)10-11(20-15-14-10)12(17)16-5-3-4-13(8-16)18-6-7-19-13/h9H,3-8H2,1-2H3. The third-order valence-corrected chi connectivity index (χ3v) is 4.50. The average Bonchev–Trinajstić information content (AvgIpc) is 3.07. The molecule has 0 bridgehead atoms. The van der Waals surface area contributed by atoms with Crippen LogP contribution in [0.2, 0.25) is 0 Å². The summed E-state index contributed by atoms with van der Waals surface area (Å²) in [7, 11) is 0. The highest BCUT2D eigenvalue weighted by Crippen LogP contribution is 2.31. The molecule has 3 rings (SSSR count). The summed E-state index contributed by atoms with van der Waals surface area (Å²) in [6.45, 7) is 6.51. The molecule has 1 aromatic rings. The van der Waals surface area contributed by atoms with Gasteiger partial charge in [0.2, 0.25) is 0 Å². The molecule has 0 atom stereocenters. The van der Waals surface area contributed by atoms with Crippen molar-refractivity contribution in [2.24, 2.45) is 0 Å². The Morgan fingerprint density at radius 3 is 2.85 bits per heavy atom. The number of carbonyl (C=O) groups is 1. The fraction of sp³-hybridized carbons (Fsp3) is 0.769. The number of piperidine rings is 1. The Bertz CT molecular complexity index is 497. The first-order valence-corrected chi connectivity index (χ1v) is 7.78. The summed E-state index contributed by atoms with van der Waals surface area (Å²) in [4.78, 5) is 15.1. The van der Waals surface area contributed by atoms with Gasteiger partial charge in [0.1, 0.15) is 4.88 Å². The number of ether oxygens (including phenoxy) is 2. The number of rotatable bonds is 2. The van der Waals surface area contributed by atoms with Crippen LogP contribution in [-0.4, -0.2) is 52.5 Å². The molecule has 7 heteroatoms. The Balaban J connectivity index is 1.78. The summed E-state index contributed by atoms with van der Waals surface area (Å²) in [5.41, 5.74) is 0.785. The highest BCUT2D eigenvalue weighted by atomic mass is 32.1. The topological polar surface area (TPSA) is 64.6 Å². The summed E-state index contributed by atoms with van der Waals surface area (Å²) in [5, 5.41) is 4.08. The Morgan fingerprint density at radius 1 is 1.40 bits per heavy atom. The van der Waals surface area contributed by atoms with Crippen LogP contribution in [0.5, 0.6) is 0 Å². The predicted octanol–water partition coefficient (Wildman–Crippen LogP) is 1.64. The lowest BCUT2D eigenvalue weighted by atomic mass is 10.0. The van der Waals surface area contributed by atoms with E-state index in [0.717, 1.165) is 25.1 Å². The molecule has 0 radical (unpaired) electrons. The van der Waals surface area contributed by atoms with Gasteiger partial charge in [-0.3, -0.25) is 4.79 Å². The van der Waals surface area contributed by atoms with Gasteiger partial charge in [-0.25, -0.2) is 0 Å². The van der Waals surface area contributed by atoms with E-state index in [-0.39, 0.29) is 11.8 Å². The second-order valence-corrected chi connectivity index (χ2v) is 6.33. The molecule has 2 saturated heterocycles. The van der Waals surface area contributed by atoms with Crippen LogP contribution in [-0.2, 0) is 9.47 Å². The monoisotopic (exact) mass is 297 g/mol. The maximum Gasteiger partial charge on any atom is 0.267 e. The summed E-state index contributed by atoms with van der Waals surface area (Å²) in [6, 6.07) is 0. The van der Waals surface area contributed by atoms with Gasteiger partial charge in [0.25, 0.3) is 5.91 Å². The molecular weight excluding hydrogens is 278 g/mol. The van der Waals surface area contributed by atoms with Crippen LogP contribution in [0.15, 0.2) is 0 Å². The van der Waals surface area contributed by atoms with E-state index < -0.39 is 5.79 Å². The number of nitrogens with zero attached hydrogens (tertiary/aromatic N) is 3. The molecule has 0 N–H and O–H groups in total. The van der Waals surface area contributed by atoms with Crippen molar-refractivity contribution in [3.63, 3.8) is 0 Å². The van der Waals surface area contributed by atoms with Gasteiger partial charge in [-0.05, 0) is 23.9 Å². The maximum absolute atomic E-state index is 12.7. The van der Waals surface area contributed by atoms with E-state index in [0.29, 0.717) is 24.6 Å². The first-order valence-electron chi connectivity index (χ1n) is 7.01. The molecule has 0 saturated carbocycles. The number of carbonyl (C=O) groups excluding carboxylic acids is 1. The van der Waals surface area contributed by atoms with E-state index >= 15 is 0 Å². The fourth-order valence-electron chi connectivity index (χ4n) is 2.76. The van der Waals surface area contributed by atoms with Crippen LogP contribution >= 0.6 is 11.5 Å². The van der Waals surface area contributed by atoms with Crippen molar-refractivity contribution in [3.05, 3.63) is 10.6 Å². The zero-order valence-electron chi connectivity index (χ0n) is 11.8. The molecule has 6 nitrogen and oxygen atoms in total. The van der Waals surface area contributed by atoms with Crippen molar-refractivity contribution < 1.29 is 14.3 Å². The summed E-state index contributed by atoms with van der Waals surface area (Å²) in [5.74, 6) is -0.378. The smallest absolute Gasteiger partial charge is 0.267 e. The number of likely N-dealkylation sites (tertiary alicyclic amines) is 1. The molecule has 2 aliphatic rings. The fourth-order valence-corrected chi connectivity index (χ4v) is 3.55. The van der Waals surface area contributed by atoms with Gasteiger partial charge in [0, 0.05) is 13.0 Å². The predicted molar refractivity (Wildman–Crippen MR) is 73.8 cm³/mol. The van der Waals surface area contributed by atoms with E-state index in [1.807, 2.05) is 18.7 Å². The van der Waals surface area contributed by atoms with E-state index in [4.69, 9.17) is 9.47 Å². The molecule has 2 fully saturated rings. The molecule has 1 spiro atoms. The van der Waals surface area contributed by atoms with Gasteiger partial charge in [0.05, 0.1) is 25.5 Å². The first kappa shape index (κ1) is 13.9. The van der Waals surface area contributed by atoms with Crippen LogP contribution in [0.1, 0.15) is 48.0 Å². The Kier molecular flexibility index (Phi) is 3.74. The second kappa shape index (κ2) is 5.38. The van der Waals surface area contributed by atoms with E-state index in [2.05, 4.69) is 9.59 Å².